The molecule has 37 heavy (non-hydrogen) atoms. The number of hydrogen-bond donors (Lipinski definition) is 1. The number of ether oxygens (including phenoxy) is 3. The molecule has 1 N–H and O–H groups in total. The molecule has 0 aliphatic heterocycles. The van der Waals surface area contributed by atoms with Gasteiger partial charge in [-0.15, -0.1) is 10.2 Å². The van der Waals surface area contributed by atoms with Gasteiger partial charge in [-0.2, -0.15) is 5.26 Å². The quantitative estimate of drug-likeness (QED) is 0.156. The van der Waals surface area contributed by atoms with Gasteiger partial charge in [0.25, 0.3) is 5.91 Å². The summed E-state index contributed by atoms with van der Waals surface area (Å²) in [7, 11) is -2.06. The number of aryl methyl sites for hydroxylation is 1. The lowest BCUT2D eigenvalue weighted by Crippen LogP contribution is -2.13. The lowest BCUT2D eigenvalue weighted by Gasteiger charge is -2.12. The van der Waals surface area contributed by atoms with E-state index < -0.39 is 15.7 Å². The van der Waals surface area contributed by atoms with Crippen molar-refractivity contribution in [2.45, 2.75) is 24.1 Å². The Hall–Kier alpha value is -3.95. The fourth-order valence-corrected chi connectivity index (χ4v) is 4.54. The lowest BCUT2D eigenvalue weighted by molar-refractivity contribution is -0.112. The van der Waals surface area contributed by atoms with Gasteiger partial charge in [0.1, 0.15) is 17.4 Å². The number of rotatable bonds is 12. The maximum absolute atomic E-state index is 12.5. The van der Waals surface area contributed by atoms with Crippen molar-refractivity contribution in [1.29, 1.82) is 5.26 Å². The van der Waals surface area contributed by atoms with E-state index in [2.05, 4.69) is 22.4 Å². The fourth-order valence-electron chi connectivity index (χ4n) is 3.04. The Bertz CT molecular complexity index is 1410. The number of nitrogens with zero attached hydrogens (tertiary/aromatic N) is 3. The number of sulfone groups is 1. The van der Waals surface area contributed by atoms with E-state index in [9.17, 15) is 18.5 Å². The largest absolute Gasteiger partial charge is 0.493 e. The molecule has 0 fully saturated rings. The topological polar surface area (TPSA) is 140 Å². The van der Waals surface area contributed by atoms with Crippen LogP contribution in [0, 0.1) is 11.3 Å². The van der Waals surface area contributed by atoms with Gasteiger partial charge >= 0.3 is 0 Å². The number of carbonyl (C=O) groups is 1. The van der Waals surface area contributed by atoms with E-state index >= 15 is 0 Å². The van der Waals surface area contributed by atoms with Gasteiger partial charge in [-0.05, 0) is 47.9 Å². The van der Waals surface area contributed by atoms with Crippen LogP contribution < -0.4 is 19.5 Å². The Labute approximate surface area is 219 Å². The van der Waals surface area contributed by atoms with Crippen LogP contribution >= 0.6 is 11.3 Å². The van der Waals surface area contributed by atoms with E-state index in [4.69, 9.17) is 14.2 Å². The molecule has 10 nitrogen and oxygen atoms in total. The third-order valence-electron chi connectivity index (χ3n) is 4.95. The highest BCUT2D eigenvalue weighted by Crippen LogP contribution is 2.29. The second-order valence-corrected chi connectivity index (χ2v) is 10.9. The predicted octanol–water partition coefficient (Wildman–Crippen LogP) is 3.91. The average Bonchev–Trinajstić information content (AvgIpc) is 3.37. The van der Waals surface area contributed by atoms with Crippen molar-refractivity contribution in [3.8, 4) is 23.3 Å². The van der Waals surface area contributed by atoms with Gasteiger partial charge in [0.2, 0.25) is 19.3 Å². The second kappa shape index (κ2) is 12.8. The molecule has 1 aromatic heterocycles. The molecule has 1 amide bonds. The van der Waals surface area contributed by atoms with Crippen molar-refractivity contribution in [3.05, 3.63) is 59.2 Å². The molecule has 0 bridgehead atoms. The fraction of sp³-hybridized carbons (Fsp3) is 0.280. The summed E-state index contributed by atoms with van der Waals surface area (Å²) in [5, 5.41) is 19.0. The minimum absolute atomic E-state index is 0.0325. The normalized spacial score (nSPS) is 11.5. The van der Waals surface area contributed by atoms with Gasteiger partial charge in [-0.25, -0.2) is 8.42 Å². The lowest BCUT2D eigenvalue weighted by atomic mass is 10.1. The Morgan fingerprint density at radius 3 is 2.46 bits per heavy atom. The van der Waals surface area contributed by atoms with Crippen LogP contribution in [0.3, 0.4) is 0 Å². The zero-order chi connectivity index (χ0) is 26.8. The monoisotopic (exact) mass is 542 g/mol. The molecule has 0 saturated carbocycles. The highest BCUT2D eigenvalue weighted by Gasteiger charge is 2.17. The van der Waals surface area contributed by atoms with Crippen LogP contribution in [0.5, 0.6) is 17.2 Å². The molecule has 194 valence electrons. The minimum Gasteiger partial charge on any atom is -0.493 e. The number of anilines is 1. The van der Waals surface area contributed by atoms with Crippen molar-refractivity contribution in [2.75, 3.05) is 31.9 Å². The zero-order valence-electron chi connectivity index (χ0n) is 20.6. The van der Waals surface area contributed by atoms with Gasteiger partial charge in [0, 0.05) is 12.7 Å². The first-order valence-corrected chi connectivity index (χ1v) is 13.9. The number of nitrogens with one attached hydrogen (secondary N) is 1. The maximum Gasteiger partial charge on any atom is 0.268 e. The predicted molar refractivity (Wildman–Crippen MR) is 140 cm³/mol. The zero-order valence-corrected chi connectivity index (χ0v) is 22.2. The Morgan fingerprint density at radius 1 is 1.11 bits per heavy atom. The van der Waals surface area contributed by atoms with Gasteiger partial charge in [-0.1, -0.05) is 36.5 Å². The van der Waals surface area contributed by atoms with Gasteiger partial charge < -0.3 is 14.2 Å². The molecule has 0 radical (unpaired) electrons. The molecule has 2 aromatic carbocycles. The molecule has 0 atom stereocenters. The van der Waals surface area contributed by atoms with Crippen LogP contribution in [-0.4, -0.2) is 51.1 Å². The molecular weight excluding hydrogens is 516 g/mol. The summed E-state index contributed by atoms with van der Waals surface area (Å²) in [6.45, 7) is 3.00. The van der Waals surface area contributed by atoms with E-state index in [-0.39, 0.29) is 15.0 Å². The SMILES string of the molecule is CCc1ccc(OCCCOc2ccc(C=C(C#N)C(=O)Nc3nnc(S(C)(=O)=O)s3)cc2OC)cc1. The Kier molecular flexibility index (Phi) is 9.59. The number of amides is 1. The third-order valence-corrected chi connectivity index (χ3v) is 7.46. The summed E-state index contributed by atoms with van der Waals surface area (Å²) >= 11 is 0.697. The van der Waals surface area contributed by atoms with Gasteiger partial charge in [0.05, 0.1) is 20.3 Å². The molecule has 0 unspecified atom stereocenters. The van der Waals surface area contributed by atoms with Crippen molar-refractivity contribution in [1.82, 2.24) is 10.2 Å². The molecular formula is C25H26N4O6S2. The standard InChI is InChI=1S/C25H26N4O6S2/c1-4-17-6-9-20(10-7-17)34-12-5-13-35-21-11-8-18(15-22(21)33-2)14-19(16-26)23(30)27-24-28-29-25(36-24)37(3,31)32/h6-11,14-15H,4-5,12-13H2,1-3H3,(H,27,28,30). The number of hydrogen-bond acceptors (Lipinski definition) is 10. The van der Waals surface area contributed by atoms with Crippen LogP contribution in [-0.2, 0) is 21.1 Å². The van der Waals surface area contributed by atoms with Crippen LogP contribution in [0.15, 0.2) is 52.4 Å². The number of aromatic nitrogens is 2. The second-order valence-electron chi connectivity index (χ2n) is 7.73. The van der Waals surface area contributed by atoms with Crippen LogP contribution in [0.25, 0.3) is 6.08 Å². The van der Waals surface area contributed by atoms with E-state index in [0.717, 1.165) is 18.4 Å². The van der Waals surface area contributed by atoms with Crippen LogP contribution in [0.4, 0.5) is 5.13 Å². The highest BCUT2D eigenvalue weighted by molar-refractivity contribution is 7.92. The van der Waals surface area contributed by atoms with Gasteiger partial charge in [-0.3, -0.25) is 10.1 Å². The maximum atomic E-state index is 12.5. The number of methoxy groups -OCH3 is 1. The summed E-state index contributed by atoms with van der Waals surface area (Å²) in [4.78, 5) is 12.5. The summed E-state index contributed by atoms with van der Waals surface area (Å²) in [5.41, 5.74) is 1.57. The van der Waals surface area contributed by atoms with Gasteiger partial charge in [0.15, 0.2) is 11.5 Å². The van der Waals surface area contributed by atoms with Crippen molar-refractivity contribution < 1.29 is 27.4 Å². The van der Waals surface area contributed by atoms with Crippen molar-refractivity contribution >= 4 is 38.3 Å². The van der Waals surface area contributed by atoms with Crippen LogP contribution in [0.1, 0.15) is 24.5 Å². The molecule has 0 aliphatic rings. The van der Waals surface area contributed by atoms with Crippen LogP contribution in [0.2, 0.25) is 0 Å². The van der Waals surface area contributed by atoms with E-state index in [1.165, 1.54) is 18.7 Å². The number of nitriles is 1. The summed E-state index contributed by atoms with van der Waals surface area (Å²) in [5.74, 6) is 1.01. The molecule has 0 aliphatic carbocycles. The molecule has 0 saturated heterocycles. The summed E-state index contributed by atoms with van der Waals surface area (Å²) in [6, 6.07) is 14.8. The molecule has 3 aromatic rings. The van der Waals surface area contributed by atoms with Crippen molar-refractivity contribution in [3.63, 3.8) is 0 Å². The molecule has 3 rings (SSSR count). The Morgan fingerprint density at radius 2 is 1.84 bits per heavy atom. The van der Waals surface area contributed by atoms with Crippen molar-refractivity contribution in [2.24, 2.45) is 0 Å². The molecule has 0 spiro atoms. The van der Waals surface area contributed by atoms with E-state index in [1.807, 2.05) is 30.3 Å². The third kappa shape index (κ3) is 8.03. The van der Waals surface area contributed by atoms with E-state index in [0.29, 0.717) is 48.0 Å². The summed E-state index contributed by atoms with van der Waals surface area (Å²) in [6.07, 6.45) is 4.00. The minimum atomic E-state index is -3.55. The number of benzene rings is 2. The first-order valence-electron chi connectivity index (χ1n) is 11.2. The molecule has 12 heteroatoms. The smallest absolute Gasteiger partial charge is 0.268 e. The average molecular weight is 543 g/mol. The van der Waals surface area contributed by atoms with E-state index in [1.54, 1.807) is 18.2 Å². The number of carbonyl (C=O) groups excluding carboxylic acids is 1. The highest BCUT2D eigenvalue weighted by atomic mass is 32.2. The first-order chi connectivity index (χ1) is 17.7. The summed E-state index contributed by atoms with van der Waals surface area (Å²) < 4.78 is 39.8. The molecule has 1 heterocycles. The Balaban J connectivity index is 1.57. The first kappa shape index (κ1) is 27.6.